The summed E-state index contributed by atoms with van der Waals surface area (Å²) in [5.41, 5.74) is 16.2. The number of imidazole rings is 1. The molecule has 278 valence electrons. The van der Waals surface area contributed by atoms with Gasteiger partial charge in [0.25, 0.3) is 0 Å². The maximum atomic E-state index is 4.80. The molecule has 0 spiro atoms. The van der Waals surface area contributed by atoms with Gasteiger partial charge in [0.2, 0.25) is 5.78 Å². The zero-order valence-electron chi connectivity index (χ0n) is 32.2. The lowest BCUT2D eigenvalue weighted by molar-refractivity contribution is 0.979. The van der Waals surface area contributed by atoms with Crippen LogP contribution in [0.4, 0.5) is 0 Å². The summed E-state index contributed by atoms with van der Waals surface area (Å²) in [6, 6.07) is 59.5. The first-order valence-corrected chi connectivity index (χ1v) is 20.3. The van der Waals surface area contributed by atoms with Crippen LogP contribution >= 0.6 is 0 Å². The number of aromatic nitrogens is 5. The van der Waals surface area contributed by atoms with Gasteiger partial charge in [-0.2, -0.15) is 0 Å². The van der Waals surface area contributed by atoms with Crippen LogP contribution in [-0.2, 0) is 0 Å². The maximum Gasteiger partial charge on any atom is 0.234 e. The molecule has 7 aromatic carbocycles. The lowest BCUT2D eigenvalue weighted by Crippen LogP contribution is -1.98. The number of fused-ring (bicyclic) bond motifs is 7. The van der Waals surface area contributed by atoms with Crippen molar-refractivity contribution in [3.05, 3.63) is 201 Å². The van der Waals surface area contributed by atoms with Crippen molar-refractivity contribution in [2.75, 3.05) is 0 Å². The van der Waals surface area contributed by atoms with Crippen LogP contribution in [0.3, 0.4) is 0 Å². The molecule has 12 rings (SSSR count). The molecule has 0 unspecified atom stereocenters. The van der Waals surface area contributed by atoms with Crippen LogP contribution in [0, 0.1) is 0 Å². The lowest BCUT2D eigenvalue weighted by Gasteiger charge is -2.14. The summed E-state index contributed by atoms with van der Waals surface area (Å²) in [5, 5.41) is 4.97. The summed E-state index contributed by atoms with van der Waals surface area (Å²) in [7, 11) is 0. The van der Waals surface area contributed by atoms with Crippen molar-refractivity contribution < 1.29 is 0 Å². The predicted molar refractivity (Wildman–Crippen MR) is 245 cm³/mol. The molecule has 0 N–H and O–H groups in total. The molecule has 0 fully saturated rings. The molecule has 4 heterocycles. The van der Waals surface area contributed by atoms with Crippen molar-refractivity contribution in [3.63, 3.8) is 0 Å². The quantitative estimate of drug-likeness (QED) is 0.170. The molecule has 4 aromatic heterocycles. The maximum absolute atomic E-state index is 4.80. The first-order valence-electron chi connectivity index (χ1n) is 20.3. The minimum atomic E-state index is 0.669. The molecule has 59 heavy (non-hydrogen) atoms. The van der Waals surface area contributed by atoms with Gasteiger partial charge in [0.05, 0.1) is 34.0 Å². The highest BCUT2D eigenvalue weighted by Gasteiger charge is 2.18. The van der Waals surface area contributed by atoms with Crippen molar-refractivity contribution in [1.29, 1.82) is 0 Å². The second kappa shape index (κ2) is 13.4. The third-order valence-corrected chi connectivity index (χ3v) is 12.0. The average Bonchev–Trinajstić information content (AvgIpc) is 3.99. The third kappa shape index (κ3) is 5.47. The summed E-state index contributed by atoms with van der Waals surface area (Å²) in [6.07, 6.45) is 14.8. The normalized spacial score (nSPS) is 13.0. The zero-order chi connectivity index (χ0) is 38.9. The Bertz CT molecular complexity index is 3490. The first kappa shape index (κ1) is 33.4. The van der Waals surface area contributed by atoms with Gasteiger partial charge in [0.15, 0.2) is 0 Å². The predicted octanol–water partition coefficient (Wildman–Crippen LogP) is 13.8. The van der Waals surface area contributed by atoms with E-state index in [4.69, 9.17) is 9.97 Å². The van der Waals surface area contributed by atoms with E-state index in [1.54, 1.807) is 0 Å². The molecule has 1 aliphatic rings. The fraction of sp³-hybridized carbons (Fsp3) is 0.0370. The van der Waals surface area contributed by atoms with Gasteiger partial charge in [-0.3, -0.25) is 4.40 Å². The van der Waals surface area contributed by atoms with E-state index < -0.39 is 0 Å². The van der Waals surface area contributed by atoms with Crippen LogP contribution in [0.5, 0.6) is 0 Å². The molecule has 11 aromatic rings. The van der Waals surface area contributed by atoms with E-state index in [-0.39, 0.29) is 0 Å². The van der Waals surface area contributed by atoms with Gasteiger partial charge in [-0.1, -0.05) is 109 Å². The largest absolute Gasteiger partial charge is 0.313 e. The number of para-hydroxylation sites is 3. The molecule has 0 radical (unpaired) electrons. The summed E-state index contributed by atoms with van der Waals surface area (Å²) in [5.74, 6) is 0.669. The second-order valence-electron chi connectivity index (χ2n) is 15.5. The Hall–Kier alpha value is -7.76. The molecule has 0 atom stereocenters. The van der Waals surface area contributed by atoms with Crippen LogP contribution < -0.4 is 0 Å². The number of allylic oxidation sites excluding steroid dienone is 4. The van der Waals surface area contributed by atoms with E-state index >= 15 is 0 Å². The Morgan fingerprint density at radius 3 is 1.68 bits per heavy atom. The second-order valence-corrected chi connectivity index (χ2v) is 15.5. The van der Waals surface area contributed by atoms with E-state index in [1.807, 2.05) is 18.5 Å². The molecule has 5 heteroatoms. The van der Waals surface area contributed by atoms with Gasteiger partial charge in [-0.05, 0) is 113 Å². The zero-order valence-corrected chi connectivity index (χ0v) is 32.2. The topological polar surface area (TPSA) is 40.0 Å². The SMILES string of the molecule is C1=CCCC(n2c3ccccc3c3cc(-c4cc(-c5ccc6c(c5)c5ccccc5n6-c5ccccc5)cc(-c5cnc6ncc(-c7ccccc7)cn56)c4)ccc32)=C1. The highest BCUT2D eigenvalue weighted by Crippen LogP contribution is 2.40. The summed E-state index contributed by atoms with van der Waals surface area (Å²) in [6.45, 7) is 0. The molecule has 1 aliphatic carbocycles. The number of rotatable bonds is 6. The van der Waals surface area contributed by atoms with Gasteiger partial charge >= 0.3 is 0 Å². The van der Waals surface area contributed by atoms with E-state index in [9.17, 15) is 0 Å². The van der Waals surface area contributed by atoms with Crippen LogP contribution in [0.1, 0.15) is 12.8 Å². The average molecular weight is 756 g/mol. The van der Waals surface area contributed by atoms with Crippen LogP contribution in [0.2, 0.25) is 0 Å². The van der Waals surface area contributed by atoms with E-state index in [0.29, 0.717) is 5.78 Å². The Morgan fingerprint density at radius 2 is 1.00 bits per heavy atom. The first-order chi connectivity index (χ1) is 29.2. The monoisotopic (exact) mass is 755 g/mol. The van der Waals surface area contributed by atoms with Gasteiger partial charge in [0, 0.05) is 56.4 Å². The van der Waals surface area contributed by atoms with Crippen molar-refractivity contribution in [2.45, 2.75) is 12.8 Å². The minimum absolute atomic E-state index is 0.669. The Labute approximate surface area is 341 Å². The third-order valence-electron chi connectivity index (χ3n) is 12.0. The van der Waals surface area contributed by atoms with Crippen LogP contribution in [0.15, 0.2) is 201 Å². The summed E-state index contributed by atoms with van der Waals surface area (Å²) >= 11 is 0. The number of benzene rings is 7. The van der Waals surface area contributed by atoms with Crippen LogP contribution in [0.25, 0.3) is 105 Å². The van der Waals surface area contributed by atoms with Gasteiger partial charge in [-0.25, -0.2) is 9.97 Å². The molecule has 0 amide bonds. The molecule has 0 aliphatic heterocycles. The summed E-state index contributed by atoms with van der Waals surface area (Å²) < 4.78 is 6.96. The van der Waals surface area contributed by atoms with Crippen molar-refractivity contribution in [1.82, 2.24) is 23.5 Å². The van der Waals surface area contributed by atoms with E-state index in [0.717, 1.165) is 57.6 Å². The van der Waals surface area contributed by atoms with Gasteiger partial charge in [-0.15, -0.1) is 0 Å². The smallest absolute Gasteiger partial charge is 0.234 e. The number of hydrogen-bond donors (Lipinski definition) is 0. The fourth-order valence-electron chi connectivity index (χ4n) is 9.22. The van der Waals surface area contributed by atoms with Gasteiger partial charge in [0.1, 0.15) is 0 Å². The van der Waals surface area contributed by atoms with Crippen molar-refractivity contribution in [3.8, 4) is 50.3 Å². The number of nitrogens with zero attached hydrogens (tertiary/aromatic N) is 5. The molecular formula is C54H37N5. The molecule has 5 nitrogen and oxygen atoms in total. The molecule has 0 saturated heterocycles. The van der Waals surface area contributed by atoms with Crippen LogP contribution in [-0.4, -0.2) is 23.5 Å². The fourth-order valence-corrected chi connectivity index (χ4v) is 9.22. The lowest BCUT2D eigenvalue weighted by atomic mass is 9.93. The van der Waals surface area contributed by atoms with Crippen molar-refractivity contribution in [2.24, 2.45) is 0 Å². The van der Waals surface area contributed by atoms with Gasteiger partial charge < -0.3 is 9.13 Å². The molecule has 0 bridgehead atoms. The van der Waals surface area contributed by atoms with E-state index in [1.165, 1.54) is 54.9 Å². The molecular weight excluding hydrogens is 719 g/mol. The Balaban J connectivity index is 1.08. The highest BCUT2D eigenvalue weighted by atomic mass is 15.1. The Morgan fingerprint density at radius 1 is 0.424 bits per heavy atom. The standard InChI is InChI=1S/C54H37N5/c1-4-14-36(15-5-1)42-33-55-54-56-34-53(57(54)35-42)41-29-39(37-24-26-51-47(31-37)45-20-10-12-22-49(45)58(51)43-16-6-2-7-17-43)28-40(30-41)38-25-27-52-48(32-38)46-21-11-13-23-50(46)59(52)44-18-8-3-9-19-44/h1-8,10-18,20-35H,9,19H2. The number of hydrogen-bond acceptors (Lipinski definition) is 2. The highest BCUT2D eigenvalue weighted by molar-refractivity contribution is 6.12. The Kier molecular flexibility index (Phi) is 7.60. The van der Waals surface area contributed by atoms with Crippen molar-refractivity contribution >= 4 is 55.1 Å². The summed E-state index contributed by atoms with van der Waals surface area (Å²) in [4.78, 5) is 9.60. The minimum Gasteiger partial charge on any atom is -0.313 e. The van der Waals surface area contributed by atoms with E-state index in [2.05, 4.69) is 196 Å². The molecule has 0 saturated carbocycles.